The van der Waals surface area contributed by atoms with Crippen LogP contribution in [-0.4, -0.2) is 87.9 Å². The van der Waals surface area contributed by atoms with Crippen molar-refractivity contribution in [1.82, 2.24) is 0 Å². The van der Waals surface area contributed by atoms with E-state index in [9.17, 15) is 0 Å². The Labute approximate surface area is 232 Å². The third-order valence-electron chi connectivity index (χ3n) is 6.39. The van der Waals surface area contributed by atoms with E-state index in [1.165, 1.54) is 38.8 Å². The van der Waals surface area contributed by atoms with Crippen molar-refractivity contribution in [1.29, 1.82) is 0 Å². The van der Waals surface area contributed by atoms with Gasteiger partial charge in [-0.3, -0.25) is 0 Å². The Morgan fingerprint density at radius 1 is 0.417 bits per heavy atom. The SMILES string of the molecule is CCCC[N+](CCCC)(CCC[Si](OCC)(OCC)OCC)CCC[Si](OCC)(OCC)OCC.[Cl-]. The van der Waals surface area contributed by atoms with Crippen LogP contribution in [0.1, 0.15) is 93.9 Å². The van der Waals surface area contributed by atoms with Crippen molar-refractivity contribution in [3.05, 3.63) is 0 Å². The lowest BCUT2D eigenvalue weighted by Gasteiger charge is -2.40. The lowest BCUT2D eigenvalue weighted by atomic mass is 10.1. The zero-order valence-electron chi connectivity index (χ0n) is 25.0. The standard InChI is InChI=1S/C26H60NO6Si2.ClH/c1-9-17-21-27(22-18-10-2,23-19-25-34(28-11-3,29-12-4)30-13-5)24-20-26-35(31-14-6,32-15-7)33-16-8;/h9-26H2,1-8H3;1H/q+1;/p-1. The Morgan fingerprint density at radius 2 is 0.667 bits per heavy atom. The molecule has 0 saturated carbocycles. The van der Waals surface area contributed by atoms with E-state index in [0.717, 1.165) is 42.5 Å². The molecule has 10 heteroatoms. The van der Waals surface area contributed by atoms with E-state index in [2.05, 4.69) is 13.8 Å². The highest BCUT2D eigenvalue weighted by molar-refractivity contribution is 6.61. The summed E-state index contributed by atoms with van der Waals surface area (Å²) in [4.78, 5) is 0. The third kappa shape index (κ3) is 15.1. The summed E-state index contributed by atoms with van der Waals surface area (Å²) in [5.74, 6) is 0. The van der Waals surface area contributed by atoms with E-state index in [1.807, 2.05) is 41.5 Å². The molecule has 0 aromatic carbocycles. The van der Waals surface area contributed by atoms with E-state index in [4.69, 9.17) is 26.6 Å². The second-order valence-electron chi connectivity index (χ2n) is 9.11. The van der Waals surface area contributed by atoms with E-state index in [0.29, 0.717) is 39.6 Å². The predicted molar refractivity (Wildman–Crippen MR) is 150 cm³/mol. The van der Waals surface area contributed by atoms with Gasteiger partial charge in [-0.25, -0.2) is 0 Å². The molecular formula is C26H60ClNO6Si2. The van der Waals surface area contributed by atoms with Gasteiger partial charge >= 0.3 is 17.6 Å². The van der Waals surface area contributed by atoms with Gasteiger partial charge in [0.1, 0.15) is 0 Å². The predicted octanol–water partition coefficient (Wildman–Crippen LogP) is 3.28. The van der Waals surface area contributed by atoms with Crippen LogP contribution in [0.15, 0.2) is 0 Å². The van der Waals surface area contributed by atoms with Gasteiger partial charge in [-0.05, 0) is 54.4 Å². The zero-order valence-corrected chi connectivity index (χ0v) is 27.8. The molecular weight excluding hydrogens is 514 g/mol. The number of nitrogens with zero attached hydrogens (tertiary/aromatic N) is 1. The Bertz CT molecular complexity index is 417. The smallest absolute Gasteiger partial charge is 0.501 e. The van der Waals surface area contributed by atoms with E-state index in [1.54, 1.807) is 0 Å². The molecule has 0 unspecified atom stereocenters. The van der Waals surface area contributed by atoms with Crippen LogP contribution in [0.3, 0.4) is 0 Å². The Morgan fingerprint density at radius 3 is 0.889 bits per heavy atom. The summed E-state index contributed by atoms with van der Waals surface area (Å²) in [5, 5.41) is 0. The van der Waals surface area contributed by atoms with Gasteiger partial charge in [-0.1, -0.05) is 26.7 Å². The molecule has 0 spiro atoms. The molecule has 0 radical (unpaired) electrons. The summed E-state index contributed by atoms with van der Waals surface area (Å²) in [6.45, 7) is 25.3. The molecule has 220 valence electrons. The first-order valence-electron chi connectivity index (χ1n) is 14.6. The Kier molecular flexibility index (Phi) is 25.0. The molecule has 0 N–H and O–H groups in total. The van der Waals surface area contributed by atoms with Crippen LogP contribution in [0.5, 0.6) is 0 Å². The minimum atomic E-state index is -2.61. The van der Waals surface area contributed by atoms with Crippen molar-refractivity contribution in [2.75, 3.05) is 65.8 Å². The van der Waals surface area contributed by atoms with Gasteiger partial charge in [-0.2, -0.15) is 0 Å². The van der Waals surface area contributed by atoms with Gasteiger partial charge in [-0.15, -0.1) is 0 Å². The fraction of sp³-hybridized carbons (Fsp3) is 1.00. The van der Waals surface area contributed by atoms with Crippen LogP contribution in [-0.2, 0) is 26.6 Å². The Hall–Kier alpha value is 0.444. The van der Waals surface area contributed by atoms with E-state index >= 15 is 0 Å². The number of hydrogen-bond acceptors (Lipinski definition) is 6. The molecule has 0 aliphatic heterocycles. The molecule has 0 aliphatic rings. The zero-order chi connectivity index (χ0) is 26.5. The fourth-order valence-corrected chi connectivity index (χ4v) is 10.1. The maximum atomic E-state index is 6.14. The summed E-state index contributed by atoms with van der Waals surface area (Å²) in [6, 6.07) is 1.77. The van der Waals surface area contributed by atoms with E-state index < -0.39 is 17.6 Å². The minimum Gasteiger partial charge on any atom is -1.00 e. The molecule has 0 amide bonds. The molecule has 36 heavy (non-hydrogen) atoms. The normalized spacial score (nSPS) is 12.7. The van der Waals surface area contributed by atoms with Crippen molar-refractivity contribution in [3.8, 4) is 0 Å². The third-order valence-corrected chi connectivity index (χ3v) is 12.7. The van der Waals surface area contributed by atoms with Crippen molar-refractivity contribution in [2.45, 2.75) is 106 Å². The second kappa shape index (κ2) is 23.3. The first-order valence-corrected chi connectivity index (χ1v) is 18.4. The van der Waals surface area contributed by atoms with Gasteiger partial charge in [0.2, 0.25) is 0 Å². The number of rotatable bonds is 26. The van der Waals surface area contributed by atoms with Crippen LogP contribution < -0.4 is 12.4 Å². The van der Waals surface area contributed by atoms with Crippen molar-refractivity contribution in [2.24, 2.45) is 0 Å². The molecule has 0 aliphatic carbocycles. The van der Waals surface area contributed by atoms with Crippen molar-refractivity contribution >= 4 is 17.6 Å². The summed E-state index contributed by atoms with van der Waals surface area (Å²) < 4.78 is 38.0. The lowest BCUT2D eigenvalue weighted by molar-refractivity contribution is -0.928. The lowest BCUT2D eigenvalue weighted by Crippen LogP contribution is -3.00. The summed E-state index contributed by atoms with van der Waals surface area (Å²) in [5.41, 5.74) is 0. The first kappa shape index (κ1) is 38.6. The molecule has 0 bridgehead atoms. The van der Waals surface area contributed by atoms with Crippen LogP contribution in [0.25, 0.3) is 0 Å². The maximum absolute atomic E-state index is 6.14. The minimum absolute atomic E-state index is 0. The van der Waals surface area contributed by atoms with Gasteiger partial charge in [0, 0.05) is 64.6 Å². The average molecular weight is 574 g/mol. The second-order valence-corrected chi connectivity index (χ2v) is 14.6. The monoisotopic (exact) mass is 573 g/mol. The summed E-state index contributed by atoms with van der Waals surface area (Å²) in [6.07, 6.45) is 7.06. The number of hydrogen-bond donors (Lipinski definition) is 0. The largest absolute Gasteiger partial charge is 1.00 e. The van der Waals surface area contributed by atoms with Gasteiger partial charge < -0.3 is 43.4 Å². The first-order chi connectivity index (χ1) is 16.9. The van der Waals surface area contributed by atoms with Crippen LogP contribution >= 0.6 is 0 Å². The quantitative estimate of drug-likeness (QED) is 0.117. The fourth-order valence-electron chi connectivity index (χ4n) is 4.92. The van der Waals surface area contributed by atoms with Gasteiger partial charge in [0.05, 0.1) is 26.2 Å². The highest BCUT2D eigenvalue weighted by Gasteiger charge is 2.42. The molecule has 0 aromatic rings. The van der Waals surface area contributed by atoms with E-state index in [-0.39, 0.29) is 12.4 Å². The molecule has 0 rings (SSSR count). The Balaban J connectivity index is 0. The van der Waals surface area contributed by atoms with Gasteiger partial charge in [0.25, 0.3) is 0 Å². The average Bonchev–Trinajstić information content (AvgIpc) is 2.82. The highest BCUT2D eigenvalue weighted by Crippen LogP contribution is 2.25. The molecule has 0 aromatic heterocycles. The number of quaternary nitrogens is 1. The maximum Gasteiger partial charge on any atom is 0.501 e. The molecule has 0 saturated heterocycles. The van der Waals surface area contributed by atoms with Crippen LogP contribution in [0, 0.1) is 0 Å². The molecule has 0 heterocycles. The number of unbranched alkanes of at least 4 members (excludes halogenated alkanes) is 2. The summed E-state index contributed by atoms with van der Waals surface area (Å²) in [7, 11) is -5.23. The van der Waals surface area contributed by atoms with Crippen molar-refractivity contribution in [3.63, 3.8) is 0 Å². The molecule has 0 fully saturated rings. The topological polar surface area (TPSA) is 55.4 Å². The van der Waals surface area contributed by atoms with Crippen LogP contribution in [0.4, 0.5) is 0 Å². The summed E-state index contributed by atoms with van der Waals surface area (Å²) >= 11 is 0. The van der Waals surface area contributed by atoms with Gasteiger partial charge in [0.15, 0.2) is 0 Å². The highest BCUT2D eigenvalue weighted by atomic mass is 35.5. The number of halogens is 1. The molecule has 7 nitrogen and oxygen atoms in total. The van der Waals surface area contributed by atoms with Crippen molar-refractivity contribution < 1.29 is 43.4 Å². The van der Waals surface area contributed by atoms with Crippen LogP contribution in [0.2, 0.25) is 12.1 Å². The molecule has 0 atom stereocenters.